The van der Waals surface area contributed by atoms with Gasteiger partial charge in [0.2, 0.25) is 5.91 Å². The number of nitrogens with zero attached hydrogens (tertiary/aromatic N) is 2. The summed E-state index contributed by atoms with van der Waals surface area (Å²) in [5.41, 5.74) is -0.0124. The van der Waals surface area contributed by atoms with Crippen molar-refractivity contribution in [2.24, 2.45) is 0 Å². The smallest absolute Gasteiger partial charge is 0.220 e. The third-order valence-corrected chi connectivity index (χ3v) is 2.26. The van der Waals surface area contributed by atoms with Crippen molar-refractivity contribution in [2.45, 2.75) is 13.0 Å². The van der Waals surface area contributed by atoms with Crippen molar-refractivity contribution in [3.8, 4) is 6.07 Å². The van der Waals surface area contributed by atoms with Crippen LogP contribution in [0.15, 0.2) is 18.2 Å². The Hall–Kier alpha value is -1.96. The average Bonchev–Trinajstić information content (AvgIpc) is 2.21. The number of rotatable bonds is 2. The van der Waals surface area contributed by atoms with Gasteiger partial charge in [0.05, 0.1) is 6.07 Å². The Bertz CT molecular complexity index is 454. The number of amides is 1. The Balaban J connectivity index is 3.15. The molecule has 0 spiro atoms. The fraction of sp³-hybridized carbons (Fsp3) is 0.273. The Morgan fingerprint density at radius 1 is 1.50 bits per heavy atom. The maximum Gasteiger partial charge on any atom is 0.220 e. The first-order valence-electron chi connectivity index (χ1n) is 4.55. The second kappa shape index (κ2) is 4.71. The van der Waals surface area contributed by atoms with Gasteiger partial charge in [0.25, 0.3) is 0 Å². The van der Waals surface area contributed by atoms with Gasteiger partial charge >= 0.3 is 0 Å². The molecule has 0 bridgehead atoms. The molecule has 0 aliphatic rings. The third kappa shape index (κ3) is 2.34. The second-order valence-corrected chi connectivity index (χ2v) is 3.33. The minimum Gasteiger partial charge on any atom is -0.326 e. The van der Waals surface area contributed by atoms with Gasteiger partial charge in [-0.15, -0.1) is 0 Å². The first kappa shape index (κ1) is 12.1. The van der Waals surface area contributed by atoms with Gasteiger partial charge in [-0.3, -0.25) is 4.79 Å². The molecule has 0 radical (unpaired) electrons. The normalized spacial score (nSPS) is 11.7. The van der Waals surface area contributed by atoms with Crippen molar-refractivity contribution in [1.82, 2.24) is 4.90 Å². The molecule has 0 unspecified atom stereocenters. The summed E-state index contributed by atoms with van der Waals surface area (Å²) in [6, 6.07) is 3.66. The molecule has 0 fully saturated rings. The summed E-state index contributed by atoms with van der Waals surface area (Å²) < 4.78 is 26.1. The molecule has 0 aromatic heterocycles. The van der Waals surface area contributed by atoms with Crippen LogP contribution in [0, 0.1) is 23.0 Å². The Kier molecular flexibility index (Phi) is 3.56. The van der Waals surface area contributed by atoms with Crippen LogP contribution in [0.5, 0.6) is 0 Å². The molecule has 1 rings (SSSR count). The van der Waals surface area contributed by atoms with E-state index in [0.29, 0.717) is 6.07 Å². The maximum absolute atomic E-state index is 13.4. The predicted molar refractivity (Wildman–Crippen MR) is 53.2 cm³/mol. The quantitative estimate of drug-likeness (QED) is 0.771. The number of halogens is 2. The van der Waals surface area contributed by atoms with Gasteiger partial charge in [-0.2, -0.15) is 5.26 Å². The van der Waals surface area contributed by atoms with Gasteiger partial charge < -0.3 is 4.90 Å². The van der Waals surface area contributed by atoms with E-state index in [2.05, 4.69) is 0 Å². The maximum atomic E-state index is 13.4. The van der Waals surface area contributed by atoms with E-state index in [1.54, 1.807) is 6.07 Å². The van der Waals surface area contributed by atoms with Crippen molar-refractivity contribution in [3.63, 3.8) is 0 Å². The van der Waals surface area contributed by atoms with E-state index < -0.39 is 17.7 Å². The van der Waals surface area contributed by atoms with Crippen molar-refractivity contribution in [3.05, 3.63) is 35.4 Å². The molecular formula is C11H10F2N2O. The first-order chi connectivity index (χ1) is 7.47. The Morgan fingerprint density at radius 2 is 2.12 bits per heavy atom. The zero-order chi connectivity index (χ0) is 12.3. The van der Waals surface area contributed by atoms with E-state index in [4.69, 9.17) is 5.26 Å². The zero-order valence-corrected chi connectivity index (χ0v) is 8.87. The summed E-state index contributed by atoms with van der Waals surface area (Å²) in [5.74, 6) is -1.92. The Morgan fingerprint density at radius 3 is 2.56 bits per heavy atom. The predicted octanol–water partition coefficient (Wildman–Crippen LogP) is 2.01. The average molecular weight is 224 g/mol. The summed E-state index contributed by atoms with van der Waals surface area (Å²) in [4.78, 5) is 12.2. The van der Waals surface area contributed by atoms with E-state index in [-0.39, 0.29) is 11.5 Å². The highest BCUT2D eigenvalue weighted by atomic mass is 19.1. The largest absolute Gasteiger partial charge is 0.326 e. The van der Waals surface area contributed by atoms with Crippen molar-refractivity contribution in [1.29, 1.82) is 5.26 Å². The minimum atomic E-state index is -1.04. The lowest BCUT2D eigenvalue weighted by Gasteiger charge is -2.21. The van der Waals surface area contributed by atoms with Crippen LogP contribution in [-0.2, 0) is 4.79 Å². The third-order valence-electron chi connectivity index (χ3n) is 2.26. The molecule has 0 heterocycles. The Labute approximate surface area is 91.9 Å². The second-order valence-electron chi connectivity index (χ2n) is 3.33. The van der Waals surface area contributed by atoms with E-state index >= 15 is 0 Å². The van der Waals surface area contributed by atoms with Crippen LogP contribution >= 0.6 is 0 Å². The topological polar surface area (TPSA) is 44.1 Å². The lowest BCUT2D eigenvalue weighted by molar-refractivity contribution is -0.128. The fourth-order valence-corrected chi connectivity index (χ4v) is 1.27. The SMILES string of the molecule is CC(=O)N(C)[C@@H](C#N)c1ccc(F)cc1F. The molecule has 1 aromatic rings. The number of hydrogen-bond acceptors (Lipinski definition) is 2. The summed E-state index contributed by atoms with van der Waals surface area (Å²) in [7, 11) is 1.39. The zero-order valence-electron chi connectivity index (χ0n) is 8.87. The first-order valence-corrected chi connectivity index (χ1v) is 4.55. The van der Waals surface area contributed by atoms with Crippen molar-refractivity contribution >= 4 is 5.91 Å². The van der Waals surface area contributed by atoms with Crippen molar-refractivity contribution in [2.75, 3.05) is 7.05 Å². The number of carbonyl (C=O) groups is 1. The molecule has 0 saturated carbocycles. The molecule has 0 saturated heterocycles. The standard InChI is InChI=1S/C11H10F2N2O/c1-7(16)15(2)11(6-14)9-4-3-8(12)5-10(9)13/h3-5,11H,1-2H3/t11-/m0/s1. The van der Waals surface area contributed by atoms with Gasteiger partial charge in [-0.25, -0.2) is 8.78 Å². The molecule has 84 valence electrons. The van der Waals surface area contributed by atoms with Crippen LogP contribution < -0.4 is 0 Å². The highest BCUT2D eigenvalue weighted by molar-refractivity contribution is 5.73. The van der Waals surface area contributed by atoms with Crippen LogP contribution in [-0.4, -0.2) is 17.9 Å². The summed E-state index contributed by atoms with van der Waals surface area (Å²) in [6.45, 7) is 1.27. The fourth-order valence-electron chi connectivity index (χ4n) is 1.27. The van der Waals surface area contributed by atoms with Crippen LogP contribution in [0.25, 0.3) is 0 Å². The summed E-state index contributed by atoms with van der Waals surface area (Å²) in [6.07, 6.45) is 0. The number of benzene rings is 1. The van der Waals surface area contributed by atoms with E-state index in [1.165, 1.54) is 14.0 Å². The molecular weight excluding hydrogens is 214 g/mol. The molecule has 1 atom stereocenters. The van der Waals surface area contributed by atoms with E-state index in [0.717, 1.165) is 17.0 Å². The van der Waals surface area contributed by atoms with Crippen LogP contribution in [0.4, 0.5) is 8.78 Å². The van der Waals surface area contributed by atoms with Crippen molar-refractivity contribution < 1.29 is 13.6 Å². The van der Waals surface area contributed by atoms with E-state index in [1.807, 2.05) is 0 Å². The number of carbonyl (C=O) groups excluding carboxylic acids is 1. The van der Waals surface area contributed by atoms with Gasteiger partial charge in [0, 0.05) is 25.6 Å². The molecule has 3 nitrogen and oxygen atoms in total. The number of hydrogen-bond donors (Lipinski definition) is 0. The molecule has 0 aliphatic carbocycles. The van der Waals surface area contributed by atoms with Crippen LogP contribution in [0.1, 0.15) is 18.5 Å². The van der Waals surface area contributed by atoms with Gasteiger partial charge in [-0.1, -0.05) is 6.07 Å². The van der Waals surface area contributed by atoms with Gasteiger partial charge in [-0.05, 0) is 6.07 Å². The van der Waals surface area contributed by atoms with Crippen LogP contribution in [0.3, 0.4) is 0 Å². The van der Waals surface area contributed by atoms with Crippen LogP contribution in [0.2, 0.25) is 0 Å². The number of nitriles is 1. The molecule has 16 heavy (non-hydrogen) atoms. The molecule has 0 aliphatic heterocycles. The minimum absolute atomic E-state index is 0.0124. The highest BCUT2D eigenvalue weighted by Gasteiger charge is 2.22. The lowest BCUT2D eigenvalue weighted by Crippen LogP contribution is -2.28. The lowest BCUT2D eigenvalue weighted by atomic mass is 10.1. The van der Waals surface area contributed by atoms with E-state index in [9.17, 15) is 13.6 Å². The highest BCUT2D eigenvalue weighted by Crippen LogP contribution is 2.22. The van der Waals surface area contributed by atoms with Gasteiger partial charge in [0.15, 0.2) is 0 Å². The molecule has 1 amide bonds. The summed E-state index contributed by atoms with van der Waals surface area (Å²) >= 11 is 0. The summed E-state index contributed by atoms with van der Waals surface area (Å²) in [5, 5.41) is 8.89. The molecule has 0 N–H and O–H groups in total. The van der Waals surface area contributed by atoms with Gasteiger partial charge in [0.1, 0.15) is 17.7 Å². The molecule has 1 aromatic carbocycles. The molecule has 5 heteroatoms. The monoisotopic (exact) mass is 224 g/mol.